The quantitative estimate of drug-likeness (QED) is 0.815. The number of ether oxygens (including phenoxy) is 1. The van der Waals surface area contributed by atoms with Crippen molar-refractivity contribution in [2.24, 2.45) is 11.3 Å². The molecule has 134 valence electrons. The molecule has 0 aromatic rings. The predicted molar refractivity (Wildman–Crippen MR) is 91.4 cm³/mol. The number of carbonyl (C=O) groups is 1. The van der Waals surface area contributed by atoms with Crippen molar-refractivity contribution in [1.82, 2.24) is 10.2 Å². The SMILES string of the molecule is CC(CCO)CNC1CC2(CCN(C(=O)OC(C)(C)C)CC2)C1. The number of nitrogens with one attached hydrogen (secondary N) is 1. The molecule has 1 saturated heterocycles. The summed E-state index contributed by atoms with van der Waals surface area (Å²) >= 11 is 0. The number of likely N-dealkylation sites (tertiary alicyclic amines) is 1. The van der Waals surface area contributed by atoms with Gasteiger partial charge in [0.2, 0.25) is 0 Å². The van der Waals surface area contributed by atoms with Gasteiger partial charge in [0.05, 0.1) is 0 Å². The molecule has 2 N–H and O–H groups in total. The Bertz CT molecular complexity index is 390. The van der Waals surface area contributed by atoms with Gasteiger partial charge in [-0.1, -0.05) is 6.92 Å². The van der Waals surface area contributed by atoms with Gasteiger partial charge in [0, 0.05) is 25.7 Å². The fraction of sp³-hybridized carbons (Fsp3) is 0.944. The van der Waals surface area contributed by atoms with E-state index in [0.717, 1.165) is 38.9 Å². The van der Waals surface area contributed by atoms with Gasteiger partial charge in [0.25, 0.3) is 0 Å². The van der Waals surface area contributed by atoms with Crippen LogP contribution in [0.5, 0.6) is 0 Å². The van der Waals surface area contributed by atoms with Crippen molar-refractivity contribution in [1.29, 1.82) is 0 Å². The highest BCUT2D eigenvalue weighted by Gasteiger charge is 2.46. The lowest BCUT2D eigenvalue weighted by molar-refractivity contribution is -0.0167. The van der Waals surface area contributed by atoms with Crippen molar-refractivity contribution in [3.8, 4) is 0 Å². The molecule has 1 spiro atoms. The first-order valence-corrected chi connectivity index (χ1v) is 9.05. The van der Waals surface area contributed by atoms with Gasteiger partial charge in [-0.05, 0) is 70.8 Å². The van der Waals surface area contributed by atoms with E-state index in [1.54, 1.807) is 0 Å². The molecular weight excluding hydrogens is 292 g/mol. The molecule has 1 amide bonds. The normalized spacial score (nSPS) is 22.7. The van der Waals surface area contributed by atoms with Crippen molar-refractivity contribution in [2.75, 3.05) is 26.2 Å². The molecule has 1 atom stereocenters. The Kier molecular flexibility index (Phi) is 5.95. The molecule has 1 heterocycles. The average Bonchev–Trinajstić information content (AvgIpc) is 2.41. The largest absolute Gasteiger partial charge is 0.444 e. The van der Waals surface area contributed by atoms with Crippen LogP contribution in [0.25, 0.3) is 0 Å². The van der Waals surface area contributed by atoms with Gasteiger partial charge in [-0.25, -0.2) is 4.79 Å². The molecule has 5 nitrogen and oxygen atoms in total. The lowest BCUT2D eigenvalue weighted by Crippen LogP contribution is -2.55. The van der Waals surface area contributed by atoms with Gasteiger partial charge in [-0.15, -0.1) is 0 Å². The van der Waals surface area contributed by atoms with Crippen LogP contribution in [0.15, 0.2) is 0 Å². The summed E-state index contributed by atoms with van der Waals surface area (Å²) in [6, 6.07) is 0.615. The van der Waals surface area contributed by atoms with Gasteiger partial charge in [-0.2, -0.15) is 0 Å². The van der Waals surface area contributed by atoms with Crippen LogP contribution in [0.3, 0.4) is 0 Å². The minimum atomic E-state index is -0.414. The van der Waals surface area contributed by atoms with E-state index in [-0.39, 0.29) is 12.7 Å². The molecule has 23 heavy (non-hydrogen) atoms. The Labute approximate surface area is 140 Å². The number of aliphatic hydroxyl groups is 1. The highest BCUT2D eigenvalue weighted by atomic mass is 16.6. The summed E-state index contributed by atoms with van der Waals surface area (Å²) in [5.41, 5.74) is 0.0271. The van der Waals surface area contributed by atoms with E-state index in [1.807, 2.05) is 25.7 Å². The van der Waals surface area contributed by atoms with Crippen LogP contribution in [-0.4, -0.2) is 54.0 Å². The van der Waals surface area contributed by atoms with Crippen molar-refractivity contribution < 1.29 is 14.6 Å². The van der Waals surface area contributed by atoms with E-state index in [4.69, 9.17) is 9.84 Å². The molecule has 0 aromatic heterocycles. The Balaban J connectivity index is 1.67. The van der Waals surface area contributed by atoms with Gasteiger partial charge in [0.1, 0.15) is 5.60 Å². The maximum atomic E-state index is 12.1. The Morgan fingerprint density at radius 2 is 1.96 bits per heavy atom. The fourth-order valence-electron chi connectivity index (χ4n) is 3.72. The average molecular weight is 326 g/mol. The number of carbonyl (C=O) groups excluding carboxylic acids is 1. The number of amides is 1. The summed E-state index contributed by atoms with van der Waals surface area (Å²) in [6.45, 7) is 10.8. The zero-order valence-electron chi connectivity index (χ0n) is 15.2. The second-order valence-electron chi connectivity index (χ2n) is 8.60. The molecule has 1 aliphatic carbocycles. The van der Waals surface area contributed by atoms with Crippen molar-refractivity contribution in [3.63, 3.8) is 0 Å². The molecule has 2 rings (SSSR count). The van der Waals surface area contributed by atoms with Gasteiger partial charge in [-0.3, -0.25) is 0 Å². The third-order valence-electron chi connectivity index (χ3n) is 5.21. The summed E-state index contributed by atoms with van der Waals surface area (Å²) in [7, 11) is 0. The third kappa shape index (κ3) is 5.35. The Morgan fingerprint density at radius 1 is 1.35 bits per heavy atom. The second kappa shape index (κ2) is 7.39. The van der Waals surface area contributed by atoms with Crippen molar-refractivity contribution in [3.05, 3.63) is 0 Å². The number of hydrogen-bond acceptors (Lipinski definition) is 4. The van der Waals surface area contributed by atoms with Crippen LogP contribution < -0.4 is 5.32 Å². The molecule has 1 aliphatic heterocycles. The summed E-state index contributed by atoms with van der Waals surface area (Å²) in [5, 5.41) is 12.6. The number of nitrogens with zero attached hydrogens (tertiary/aromatic N) is 1. The first-order valence-electron chi connectivity index (χ1n) is 9.05. The molecule has 5 heteroatoms. The monoisotopic (exact) mass is 326 g/mol. The lowest BCUT2D eigenvalue weighted by Gasteiger charge is -2.52. The van der Waals surface area contributed by atoms with E-state index >= 15 is 0 Å². The standard InChI is InChI=1S/C18H34N2O3/c1-14(5-10-21)13-19-15-11-18(12-15)6-8-20(9-7-18)16(22)23-17(2,3)4/h14-15,19,21H,5-13H2,1-4H3. The summed E-state index contributed by atoms with van der Waals surface area (Å²) < 4.78 is 5.46. The van der Waals surface area contributed by atoms with Crippen LogP contribution in [0.1, 0.15) is 59.8 Å². The Morgan fingerprint density at radius 3 is 2.48 bits per heavy atom. The van der Waals surface area contributed by atoms with Crippen LogP contribution in [0, 0.1) is 11.3 Å². The van der Waals surface area contributed by atoms with E-state index in [0.29, 0.717) is 17.4 Å². The molecule has 1 unspecified atom stereocenters. The summed E-state index contributed by atoms with van der Waals surface area (Å²) in [6.07, 6.45) is 5.34. The molecular formula is C18H34N2O3. The van der Waals surface area contributed by atoms with E-state index in [9.17, 15) is 4.79 Å². The topological polar surface area (TPSA) is 61.8 Å². The smallest absolute Gasteiger partial charge is 0.410 e. The van der Waals surface area contributed by atoms with Crippen molar-refractivity contribution >= 4 is 6.09 Å². The summed E-state index contributed by atoms with van der Waals surface area (Å²) in [5.74, 6) is 0.533. The zero-order chi connectivity index (χ0) is 17.1. The number of rotatable bonds is 5. The summed E-state index contributed by atoms with van der Waals surface area (Å²) in [4.78, 5) is 14.0. The van der Waals surface area contributed by atoms with Gasteiger partial charge >= 0.3 is 6.09 Å². The second-order valence-corrected chi connectivity index (χ2v) is 8.60. The maximum absolute atomic E-state index is 12.1. The van der Waals surface area contributed by atoms with E-state index in [1.165, 1.54) is 12.8 Å². The molecule has 2 aliphatic rings. The maximum Gasteiger partial charge on any atom is 0.410 e. The first kappa shape index (κ1) is 18.5. The minimum absolute atomic E-state index is 0.167. The molecule has 1 saturated carbocycles. The number of aliphatic hydroxyl groups excluding tert-OH is 1. The Hall–Kier alpha value is -0.810. The van der Waals surface area contributed by atoms with Crippen LogP contribution in [0.2, 0.25) is 0 Å². The molecule has 0 bridgehead atoms. The van der Waals surface area contributed by atoms with Crippen LogP contribution in [0.4, 0.5) is 4.79 Å². The highest BCUT2D eigenvalue weighted by molar-refractivity contribution is 5.68. The number of piperidine rings is 1. The molecule has 0 aromatic carbocycles. The van der Waals surface area contributed by atoms with E-state index in [2.05, 4.69) is 12.2 Å². The van der Waals surface area contributed by atoms with Crippen LogP contribution in [-0.2, 0) is 4.74 Å². The highest BCUT2D eigenvalue weighted by Crippen LogP contribution is 2.49. The van der Waals surface area contributed by atoms with E-state index < -0.39 is 5.60 Å². The fourth-order valence-corrected chi connectivity index (χ4v) is 3.72. The number of hydrogen-bond donors (Lipinski definition) is 2. The zero-order valence-corrected chi connectivity index (χ0v) is 15.2. The van der Waals surface area contributed by atoms with Crippen LogP contribution >= 0.6 is 0 Å². The van der Waals surface area contributed by atoms with Gasteiger partial charge < -0.3 is 20.1 Å². The molecule has 2 fully saturated rings. The third-order valence-corrected chi connectivity index (χ3v) is 5.21. The van der Waals surface area contributed by atoms with Gasteiger partial charge in [0.15, 0.2) is 0 Å². The lowest BCUT2D eigenvalue weighted by atomic mass is 9.60. The first-order chi connectivity index (χ1) is 10.7. The minimum Gasteiger partial charge on any atom is -0.444 e. The molecule has 0 radical (unpaired) electrons. The van der Waals surface area contributed by atoms with Crippen molar-refractivity contribution in [2.45, 2.75) is 71.4 Å². The predicted octanol–water partition coefficient (Wildman–Crippen LogP) is 2.77.